The van der Waals surface area contributed by atoms with Crippen molar-refractivity contribution in [2.24, 2.45) is 0 Å². The normalized spacial score (nSPS) is 11.2. The molecule has 0 saturated heterocycles. The van der Waals surface area contributed by atoms with Gasteiger partial charge in [-0.05, 0) is 34.1 Å². The summed E-state index contributed by atoms with van der Waals surface area (Å²) >= 11 is 10.0. The molecule has 0 atom stereocenters. The van der Waals surface area contributed by atoms with Gasteiger partial charge < -0.3 is 5.32 Å². The van der Waals surface area contributed by atoms with Crippen molar-refractivity contribution in [1.29, 1.82) is 0 Å². The Morgan fingerprint density at radius 3 is 2.57 bits per heavy atom. The monoisotopic (exact) mass is 408 g/mol. The van der Waals surface area contributed by atoms with Gasteiger partial charge in [0.15, 0.2) is 0 Å². The first-order valence-corrected chi connectivity index (χ1v) is 9.11. The fraction of sp³-hybridized carbons (Fsp3) is 0.0833. The fourth-order valence-electron chi connectivity index (χ4n) is 1.56. The maximum Gasteiger partial charge on any atom is 0.271 e. The van der Waals surface area contributed by atoms with Crippen LogP contribution in [0.4, 0.5) is 5.69 Å². The van der Waals surface area contributed by atoms with Gasteiger partial charge in [-0.2, -0.15) is 0 Å². The third kappa shape index (κ3) is 3.57. The lowest BCUT2D eigenvalue weighted by atomic mass is 10.2. The van der Waals surface area contributed by atoms with E-state index in [1.54, 1.807) is 12.1 Å². The average Bonchev–Trinajstić information content (AvgIpc) is 2.79. The van der Waals surface area contributed by atoms with Crippen molar-refractivity contribution < 1.29 is 13.2 Å². The van der Waals surface area contributed by atoms with Gasteiger partial charge in [0, 0.05) is 7.05 Å². The maximum absolute atomic E-state index is 12.3. The van der Waals surface area contributed by atoms with Crippen molar-refractivity contribution in [3.8, 4) is 0 Å². The summed E-state index contributed by atoms with van der Waals surface area (Å²) in [6.07, 6.45) is 0. The summed E-state index contributed by atoms with van der Waals surface area (Å²) in [5.74, 6) is -0.376. The number of carbonyl (C=O) groups is 1. The second-order valence-electron chi connectivity index (χ2n) is 3.92. The van der Waals surface area contributed by atoms with E-state index < -0.39 is 10.0 Å². The molecule has 0 fully saturated rings. The molecule has 0 bridgehead atoms. The second kappa shape index (κ2) is 6.35. The second-order valence-corrected chi connectivity index (χ2v) is 8.60. The number of rotatable bonds is 4. The van der Waals surface area contributed by atoms with E-state index in [-0.39, 0.29) is 21.4 Å². The van der Waals surface area contributed by atoms with Gasteiger partial charge in [0.1, 0.15) is 4.21 Å². The van der Waals surface area contributed by atoms with Crippen LogP contribution in [0.25, 0.3) is 0 Å². The minimum atomic E-state index is -3.81. The predicted octanol–water partition coefficient (Wildman–Crippen LogP) is 3.32. The highest BCUT2D eigenvalue weighted by Crippen LogP contribution is 2.35. The summed E-state index contributed by atoms with van der Waals surface area (Å²) in [7, 11) is -2.33. The third-order valence-electron chi connectivity index (χ3n) is 2.53. The fourth-order valence-corrected chi connectivity index (χ4v) is 5.04. The van der Waals surface area contributed by atoms with Gasteiger partial charge in [0.05, 0.1) is 20.1 Å². The largest absolute Gasteiger partial charge is 0.355 e. The van der Waals surface area contributed by atoms with Crippen LogP contribution in [0.3, 0.4) is 0 Å². The number of benzene rings is 1. The van der Waals surface area contributed by atoms with Gasteiger partial charge >= 0.3 is 0 Å². The predicted molar refractivity (Wildman–Crippen MR) is 87.7 cm³/mol. The van der Waals surface area contributed by atoms with Crippen molar-refractivity contribution in [3.05, 3.63) is 44.7 Å². The van der Waals surface area contributed by atoms with E-state index in [4.69, 9.17) is 11.6 Å². The van der Waals surface area contributed by atoms with E-state index in [2.05, 4.69) is 26.0 Å². The van der Waals surface area contributed by atoms with Crippen LogP contribution in [-0.2, 0) is 10.0 Å². The number of thiophene rings is 1. The third-order valence-corrected chi connectivity index (χ3v) is 6.84. The van der Waals surface area contributed by atoms with Gasteiger partial charge in [0.25, 0.3) is 15.9 Å². The average molecular weight is 410 g/mol. The van der Waals surface area contributed by atoms with E-state index in [1.807, 2.05) is 0 Å². The number of amides is 1. The first-order valence-electron chi connectivity index (χ1n) is 5.64. The Morgan fingerprint density at radius 1 is 1.33 bits per heavy atom. The molecule has 5 nitrogen and oxygen atoms in total. The zero-order chi connectivity index (χ0) is 15.6. The van der Waals surface area contributed by atoms with Crippen LogP contribution in [0.15, 0.2) is 38.3 Å². The topological polar surface area (TPSA) is 75.3 Å². The van der Waals surface area contributed by atoms with Crippen LogP contribution in [-0.4, -0.2) is 21.4 Å². The van der Waals surface area contributed by atoms with Crippen LogP contribution in [0, 0.1) is 0 Å². The first kappa shape index (κ1) is 16.3. The molecule has 2 aromatic rings. The zero-order valence-corrected chi connectivity index (χ0v) is 14.7. The molecule has 0 aliphatic carbocycles. The smallest absolute Gasteiger partial charge is 0.271 e. The SMILES string of the molecule is CNC(=O)c1ccccc1NS(=O)(=O)c1cc(Cl)c(Br)s1. The standard InChI is InChI=1S/C12H10BrClN2O3S2/c1-15-12(17)7-4-2-3-5-9(7)16-21(18,19)10-6-8(14)11(13)20-10/h2-6,16H,1H3,(H,15,17). The summed E-state index contributed by atoms with van der Waals surface area (Å²) in [5, 5.41) is 2.78. The van der Waals surface area contributed by atoms with Crippen molar-refractivity contribution >= 4 is 60.5 Å². The number of para-hydroxylation sites is 1. The van der Waals surface area contributed by atoms with Gasteiger partial charge in [-0.15, -0.1) is 11.3 Å². The van der Waals surface area contributed by atoms with Crippen molar-refractivity contribution in [2.75, 3.05) is 11.8 Å². The number of nitrogens with one attached hydrogen (secondary N) is 2. The van der Waals surface area contributed by atoms with Crippen LogP contribution in [0.1, 0.15) is 10.4 Å². The lowest BCUT2D eigenvalue weighted by Gasteiger charge is -2.10. The molecule has 0 aliphatic rings. The molecule has 0 aliphatic heterocycles. The number of carbonyl (C=O) groups excluding carboxylic acids is 1. The Kier molecular flexibility index (Phi) is 4.92. The molecule has 1 aromatic heterocycles. The van der Waals surface area contributed by atoms with Gasteiger partial charge in [-0.1, -0.05) is 23.7 Å². The Hall–Kier alpha value is -1.09. The summed E-state index contributed by atoms with van der Waals surface area (Å²) in [6.45, 7) is 0. The van der Waals surface area contributed by atoms with Gasteiger partial charge in [-0.25, -0.2) is 8.42 Å². The Balaban J connectivity index is 2.40. The number of sulfonamides is 1. The maximum atomic E-state index is 12.3. The minimum absolute atomic E-state index is 0.0612. The first-order chi connectivity index (χ1) is 9.85. The molecular weight excluding hydrogens is 400 g/mol. The highest BCUT2D eigenvalue weighted by atomic mass is 79.9. The minimum Gasteiger partial charge on any atom is -0.355 e. The highest BCUT2D eigenvalue weighted by molar-refractivity contribution is 9.11. The molecule has 0 unspecified atom stereocenters. The number of anilines is 1. The zero-order valence-electron chi connectivity index (χ0n) is 10.7. The molecule has 0 radical (unpaired) electrons. The molecule has 1 aromatic carbocycles. The highest BCUT2D eigenvalue weighted by Gasteiger charge is 2.21. The number of hydrogen-bond donors (Lipinski definition) is 2. The molecule has 2 rings (SSSR count). The van der Waals surface area contributed by atoms with E-state index in [1.165, 1.54) is 25.2 Å². The lowest BCUT2D eigenvalue weighted by Crippen LogP contribution is -2.21. The summed E-state index contributed by atoms with van der Waals surface area (Å²) in [5.41, 5.74) is 0.447. The van der Waals surface area contributed by atoms with Crippen LogP contribution in [0.5, 0.6) is 0 Å². The van der Waals surface area contributed by atoms with E-state index >= 15 is 0 Å². The summed E-state index contributed by atoms with van der Waals surface area (Å²) in [4.78, 5) is 11.7. The van der Waals surface area contributed by atoms with E-state index in [0.717, 1.165) is 11.3 Å². The molecule has 1 amide bonds. The summed E-state index contributed by atoms with van der Waals surface area (Å²) in [6, 6.07) is 7.70. The number of halogens is 2. The molecule has 0 spiro atoms. The van der Waals surface area contributed by atoms with Crippen LogP contribution in [0.2, 0.25) is 5.02 Å². The molecule has 9 heteroatoms. The van der Waals surface area contributed by atoms with Crippen LogP contribution >= 0.6 is 38.9 Å². The Labute approximate surface area is 139 Å². The molecular formula is C12H10BrClN2O3S2. The molecule has 1 heterocycles. The quantitative estimate of drug-likeness (QED) is 0.813. The van der Waals surface area contributed by atoms with Crippen molar-refractivity contribution in [1.82, 2.24) is 5.32 Å². The van der Waals surface area contributed by atoms with Gasteiger partial charge in [-0.3, -0.25) is 9.52 Å². The molecule has 112 valence electrons. The molecule has 2 N–H and O–H groups in total. The molecule has 21 heavy (non-hydrogen) atoms. The van der Waals surface area contributed by atoms with Crippen LogP contribution < -0.4 is 10.0 Å². The molecule has 0 saturated carbocycles. The van der Waals surface area contributed by atoms with Crippen molar-refractivity contribution in [2.45, 2.75) is 4.21 Å². The van der Waals surface area contributed by atoms with Crippen molar-refractivity contribution in [3.63, 3.8) is 0 Å². The number of hydrogen-bond acceptors (Lipinski definition) is 4. The van der Waals surface area contributed by atoms with Gasteiger partial charge in [0.2, 0.25) is 0 Å². The Bertz CT molecular complexity index is 770. The Morgan fingerprint density at radius 2 is 2.00 bits per heavy atom. The van der Waals surface area contributed by atoms with E-state index in [9.17, 15) is 13.2 Å². The lowest BCUT2D eigenvalue weighted by molar-refractivity contribution is 0.0964. The summed E-state index contributed by atoms with van der Waals surface area (Å²) < 4.78 is 27.6. The van der Waals surface area contributed by atoms with E-state index in [0.29, 0.717) is 8.81 Å².